The molecule has 2 unspecified atom stereocenters. The second kappa shape index (κ2) is 6.40. The molecule has 0 bridgehead atoms. The number of nitrogens with one attached hydrogen (secondary N) is 1. The molecule has 0 saturated carbocycles. The lowest BCUT2D eigenvalue weighted by Gasteiger charge is -2.37. The van der Waals surface area contributed by atoms with E-state index in [0.29, 0.717) is 11.1 Å². The Labute approximate surface area is 123 Å². The van der Waals surface area contributed by atoms with E-state index in [0.717, 1.165) is 25.1 Å². The number of likely N-dealkylation sites (N-methyl/N-ethyl adjacent to an activating group) is 1. The second-order valence-corrected chi connectivity index (χ2v) is 5.90. The van der Waals surface area contributed by atoms with Crippen molar-refractivity contribution in [2.45, 2.75) is 31.8 Å². The van der Waals surface area contributed by atoms with Crippen LogP contribution >= 0.6 is 23.2 Å². The summed E-state index contributed by atoms with van der Waals surface area (Å²) in [7, 11) is 1.98. The van der Waals surface area contributed by atoms with Crippen LogP contribution in [0, 0.1) is 5.82 Å². The summed E-state index contributed by atoms with van der Waals surface area (Å²) in [6.45, 7) is 4.03. The predicted octanol–water partition coefficient (Wildman–Crippen LogP) is 3.88. The van der Waals surface area contributed by atoms with E-state index < -0.39 is 5.82 Å². The maximum atomic E-state index is 13.6. The number of hydrogen-bond acceptors (Lipinski definition) is 2. The van der Waals surface area contributed by atoms with Crippen LogP contribution in [0.4, 0.5) is 4.39 Å². The molecule has 1 aliphatic heterocycles. The lowest BCUT2D eigenvalue weighted by atomic mass is 10.0. The minimum absolute atomic E-state index is 0.0766. The van der Waals surface area contributed by atoms with Crippen LogP contribution in [-0.4, -0.2) is 31.1 Å². The van der Waals surface area contributed by atoms with Crippen LogP contribution in [0.1, 0.15) is 31.4 Å². The SMILES string of the molecule is CNC1CCCN(C(C)c2cc(F)c(Cl)cc2Cl)C1. The zero-order valence-electron chi connectivity index (χ0n) is 11.2. The van der Waals surface area contributed by atoms with Gasteiger partial charge in [0.05, 0.1) is 5.02 Å². The first kappa shape index (κ1) is 15.0. The summed E-state index contributed by atoms with van der Waals surface area (Å²) in [6, 6.07) is 3.53. The second-order valence-electron chi connectivity index (χ2n) is 5.09. The average molecular weight is 305 g/mol. The first-order chi connectivity index (χ1) is 9.02. The molecule has 1 saturated heterocycles. The Morgan fingerprint density at radius 3 is 2.79 bits per heavy atom. The van der Waals surface area contributed by atoms with Gasteiger partial charge < -0.3 is 5.32 Å². The largest absolute Gasteiger partial charge is 0.316 e. The number of piperidine rings is 1. The lowest BCUT2D eigenvalue weighted by Crippen LogP contribution is -2.45. The molecule has 0 aromatic heterocycles. The number of halogens is 3. The third kappa shape index (κ3) is 3.40. The van der Waals surface area contributed by atoms with Gasteiger partial charge in [0.25, 0.3) is 0 Å². The van der Waals surface area contributed by atoms with Crippen LogP contribution in [0.2, 0.25) is 10.0 Å². The fourth-order valence-corrected chi connectivity index (χ4v) is 3.19. The molecule has 106 valence electrons. The number of rotatable bonds is 3. The van der Waals surface area contributed by atoms with E-state index in [-0.39, 0.29) is 11.1 Å². The molecule has 0 spiro atoms. The Balaban J connectivity index is 2.19. The van der Waals surface area contributed by atoms with E-state index in [1.54, 1.807) is 0 Å². The molecule has 2 atom stereocenters. The zero-order chi connectivity index (χ0) is 14.0. The smallest absolute Gasteiger partial charge is 0.142 e. The highest BCUT2D eigenvalue weighted by Crippen LogP contribution is 2.32. The number of benzene rings is 1. The summed E-state index contributed by atoms with van der Waals surface area (Å²) in [4.78, 5) is 2.33. The molecule has 0 radical (unpaired) electrons. The summed E-state index contributed by atoms with van der Waals surface area (Å²) in [5.41, 5.74) is 0.806. The summed E-state index contributed by atoms with van der Waals surface area (Å²) in [5.74, 6) is -0.407. The van der Waals surface area contributed by atoms with Crippen LogP contribution in [0.25, 0.3) is 0 Å². The summed E-state index contributed by atoms with van der Waals surface area (Å²) in [5, 5.41) is 3.91. The minimum atomic E-state index is -0.407. The average Bonchev–Trinajstić information content (AvgIpc) is 2.42. The molecule has 0 amide bonds. The van der Waals surface area contributed by atoms with E-state index in [1.165, 1.54) is 18.6 Å². The van der Waals surface area contributed by atoms with Crippen LogP contribution in [-0.2, 0) is 0 Å². The fourth-order valence-electron chi connectivity index (χ4n) is 2.65. The van der Waals surface area contributed by atoms with Crippen molar-refractivity contribution in [2.75, 3.05) is 20.1 Å². The van der Waals surface area contributed by atoms with E-state index in [4.69, 9.17) is 23.2 Å². The van der Waals surface area contributed by atoms with Gasteiger partial charge >= 0.3 is 0 Å². The van der Waals surface area contributed by atoms with E-state index in [9.17, 15) is 4.39 Å². The van der Waals surface area contributed by atoms with Gasteiger partial charge in [-0.05, 0) is 51.1 Å². The number of nitrogens with zero attached hydrogens (tertiary/aromatic N) is 1. The van der Waals surface area contributed by atoms with Crippen LogP contribution < -0.4 is 5.32 Å². The van der Waals surface area contributed by atoms with Crippen molar-refractivity contribution in [1.82, 2.24) is 10.2 Å². The molecule has 1 aromatic carbocycles. The normalized spacial score (nSPS) is 22.5. The molecule has 2 rings (SSSR count). The van der Waals surface area contributed by atoms with Gasteiger partial charge in [0, 0.05) is 23.7 Å². The van der Waals surface area contributed by atoms with Gasteiger partial charge in [-0.15, -0.1) is 0 Å². The molecule has 2 nitrogen and oxygen atoms in total. The van der Waals surface area contributed by atoms with Gasteiger partial charge in [-0.3, -0.25) is 4.90 Å². The Kier molecular flexibility index (Phi) is 5.07. The molecule has 19 heavy (non-hydrogen) atoms. The summed E-state index contributed by atoms with van der Waals surface area (Å²) in [6.07, 6.45) is 2.33. The first-order valence-corrected chi connectivity index (χ1v) is 7.34. The molecule has 1 aliphatic rings. The predicted molar refractivity (Wildman–Crippen MR) is 78.5 cm³/mol. The van der Waals surface area contributed by atoms with Gasteiger partial charge in [0.15, 0.2) is 0 Å². The molecule has 1 aromatic rings. The van der Waals surface area contributed by atoms with Crippen molar-refractivity contribution in [3.05, 3.63) is 33.6 Å². The summed E-state index contributed by atoms with van der Waals surface area (Å²) < 4.78 is 13.6. The first-order valence-electron chi connectivity index (χ1n) is 6.58. The van der Waals surface area contributed by atoms with E-state index >= 15 is 0 Å². The monoisotopic (exact) mass is 304 g/mol. The Morgan fingerprint density at radius 2 is 2.11 bits per heavy atom. The molecule has 1 fully saturated rings. The van der Waals surface area contributed by atoms with Crippen molar-refractivity contribution in [1.29, 1.82) is 0 Å². The lowest BCUT2D eigenvalue weighted by molar-refractivity contribution is 0.149. The van der Waals surface area contributed by atoms with E-state index in [2.05, 4.69) is 17.1 Å². The highest BCUT2D eigenvalue weighted by atomic mass is 35.5. The Morgan fingerprint density at radius 1 is 1.37 bits per heavy atom. The molecule has 1 heterocycles. The third-order valence-electron chi connectivity index (χ3n) is 3.90. The fraction of sp³-hybridized carbons (Fsp3) is 0.571. The molecule has 1 N–H and O–H groups in total. The van der Waals surface area contributed by atoms with Gasteiger partial charge in [-0.1, -0.05) is 23.2 Å². The van der Waals surface area contributed by atoms with Crippen molar-refractivity contribution < 1.29 is 4.39 Å². The van der Waals surface area contributed by atoms with Crippen LogP contribution in [0.3, 0.4) is 0 Å². The molecule has 5 heteroatoms. The van der Waals surface area contributed by atoms with Gasteiger partial charge in [0.2, 0.25) is 0 Å². The zero-order valence-corrected chi connectivity index (χ0v) is 12.7. The topological polar surface area (TPSA) is 15.3 Å². The Hall–Kier alpha value is -0.350. The minimum Gasteiger partial charge on any atom is -0.316 e. The number of hydrogen-bond donors (Lipinski definition) is 1. The van der Waals surface area contributed by atoms with Crippen molar-refractivity contribution in [3.63, 3.8) is 0 Å². The molecular weight excluding hydrogens is 286 g/mol. The Bertz CT molecular complexity index is 453. The highest BCUT2D eigenvalue weighted by molar-refractivity contribution is 6.35. The summed E-state index contributed by atoms with van der Waals surface area (Å²) >= 11 is 11.9. The third-order valence-corrected chi connectivity index (χ3v) is 4.52. The maximum absolute atomic E-state index is 13.6. The molecular formula is C14H19Cl2FN2. The maximum Gasteiger partial charge on any atom is 0.142 e. The van der Waals surface area contributed by atoms with Gasteiger partial charge in [-0.2, -0.15) is 0 Å². The highest BCUT2D eigenvalue weighted by Gasteiger charge is 2.25. The van der Waals surface area contributed by atoms with Crippen LogP contribution in [0.5, 0.6) is 0 Å². The van der Waals surface area contributed by atoms with Crippen LogP contribution in [0.15, 0.2) is 12.1 Å². The van der Waals surface area contributed by atoms with E-state index in [1.807, 2.05) is 7.05 Å². The molecule has 0 aliphatic carbocycles. The quantitative estimate of drug-likeness (QED) is 0.853. The van der Waals surface area contributed by atoms with Gasteiger partial charge in [0.1, 0.15) is 5.82 Å². The van der Waals surface area contributed by atoms with Crippen molar-refractivity contribution in [3.8, 4) is 0 Å². The van der Waals surface area contributed by atoms with Crippen molar-refractivity contribution >= 4 is 23.2 Å². The standard InChI is InChI=1S/C14H19Cl2FN2/c1-9(19-5-3-4-10(8-19)18-2)11-6-14(17)13(16)7-12(11)15/h6-7,9-10,18H,3-5,8H2,1-2H3. The van der Waals surface area contributed by atoms with Crippen molar-refractivity contribution in [2.24, 2.45) is 0 Å². The van der Waals surface area contributed by atoms with Gasteiger partial charge in [-0.25, -0.2) is 4.39 Å². The number of likely N-dealkylation sites (tertiary alicyclic amines) is 1.